The fourth-order valence-electron chi connectivity index (χ4n) is 2.30. The lowest BCUT2D eigenvalue weighted by Crippen LogP contribution is -2.30. The number of thioether (sulfide) groups is 1. The number of rotatable bonds is 7. The van der Waals surface area contributed by atoms with Gasteiger partial charge in [0.1, 0.15) is 0 Å². The molecule has 0 saturated heterocycles. The maximum atomic E-state index is 12.0. The molecular weight excluding hydrogens is 370 g/mol. The van der Waals surface area contributed by atoms with Crippen LogP contribution in [0.1, 0.15) is 18.4 Å². The Kier molecular flexibility index (Phi) is 6.41. The van der Waals surface area contributed by atoms with E-state index in [2.05, 4.69) is 16.0 Å². The number of carbonyl (C=O) groups excluding carboxylic acids is 2. The number of benzene rings is 2. The first-order valence-electron chi connectivity index (χ1n) is 8.38. The van der Waals surface area contributed by atoms with Gasteiger partial charge in [-0.1, -0.05) is 23.7 Å². The van der Waals surface area contributed by atoms with Gasteiger partial charge in [0.25, 0.3) is 0 Å². The van der Waals surface area contributed by atoms with Crippen molar-refractivity contribution in [2.45, 2.75) is 24.6 Å². The van der Waals surface area contributed by atoms with Crippen LogP contribution >= 0.6 is 23.4 Å². The standard InChI is InChI=1S/C19H20ClN3O2S/c20-14-3-1-2-13(10-14)11-26-12-18(24)21-15-4-6-16(7-5-15)22-19(25)23-17-8-9-17/h1-7,10,17H,8-9,11-12H2,(H,21,24)(H2,22,23,25). The number of nitrogens with one attached hydrogen (secondary N) is 3. The second kappa shape index (κ2) is 8.96. The fourth-order valence-corrected chi connectivity index (χ4v) is 3.29. The molecule has 136 valence electrons. The van der Waals surface area contributed by atoms with Crippen molar-refractivity contribution >= 4 is 46.7 Å². The van der Waals surface area contributed by atoms with Gasteiger partial charge in [0.05, 0.1) is 5.75 Å². The largest absolute Gasteiger partial charge is 0.335 e. The molecular formula is C19H20ClN3O2S. The second-order valence-electron chi connectivity index (χ2n) is 6.12. The molecule has 0 atom stereocenters. The normalized spacial score (nSPS) is 13.1. The number of carbonyl (C=O) groups is 2. The Bertz CT molecular complexity index is 779. The molecule has 2 aromatic rings. The van der Waals surface area contributed by atoms with Crippen molar-refractivity contribution in [2.75, 3.05) is 16.4 Å². The highest BCUT2D eigenvalue weighted by Crippen LogP contribution is 2.20. The SMILES string of the molecule is O=C(CSCc1cccc(Cl)c1)Nc1ccc(NC(=O)NC2CC2)cc1. The molecule has 7 heteroatoms. The molecule has 0 heterocycles. The summed E-state index contributed by atoms with van der Waals surface area (Å²) in [5, 5.41) is 9.18. The van der Waals surface area contributed by atoms with Crippen LogP contribution in [0.2, 0.25) is 5.02 Å². The third-order valence-corrected chi connectivity index (χ3v) is 4.97. The predicted octanol–water partition coefficient (Wildman–Crippen LogP) is 4.50. The van der Waals surface area contributed by atoms with E-state index in [0.29, 0.717) is 28.2 Å². The molecule has 1 aliphatic carbocycles. The number of amides is 3. The topological polar surface area (TPSA) is 70.2 Å². The lowest BCUT2D eigenvalue weighted by atomic mass is 10.2. The van der Waals surface area contributed by atoms with Crippen LogP contribution in [0.25, 0.3) is 0 Å². The molecule has 0 bridgehead atoms. The minimum Gasteiger partial charge on any atom is -0.335 e. The summed E-state index contributed by atoms with van der Waals surface area (Å²) >= 11 is 7.48. The first kappa shape index (κ1) is 18.6. The Morgan fingerprint density at radius 1 is 1.04 bits per heavy atom. The maximum Gasteiger partial charge on any atom is 0.319 e. The number of urea groups is 1. The number of hydrogen-bond donors (Lipinski definition) is 3. The zero-order valence-corrected chi connectivity index (χ0v) is 15.7. The molecule has 0 aliphatic heterocycles. The van der Waals surface area contributed by atoms with E-state index < -0.39 is 0 Å². The van der Waals surface area contributed by atoms with Crippen LogP contribution in [0.3, 0.4) is 0 Å². The Morgan fingerprint density at radius 3 is 2.38 bits per heavy atom. The van der Waals surface area contributed by atoms with Gasteiger partial charge in [-0.05, 0) is 54.8 Å². The van der Waals surface area contributed by atoms with E-state index in [9.17, 15) is 9.59 Å². The van der Waals surface area contributed by atoms with Gasteiger partial charge in [0.15, 0.2) is 0 Å². The summed E-state index contributed by atoms with van der Waals surface area (Å²) in [6, 6.07) is 14.8. The van der Waals surface area contributed by atoms with Gasteiger partial charge >= 0.3 is 6.03 Å². The maximum absolute atomic E-state index is 12.0. The molecule has 5 nitrogen and oxygen atoms in total. The van der Waals surface area contributed by atoms with Crippen LogP contribution in [0.15, 0.2) is 48.5 Å². The summed E-state index contributed by atoms with van der Waals surface area (Å²) in [5.74, 6) is 1.02. The van der Waals surface area contributed by atoms with Gasteiger partial charge in [-0.2, -0.15) is 0 Å². The highest BCUT2D eigenvalue weighted by Gasteiger charge is 2.23. The van der Waals surface area contributed by atoms with Crippen molar-refractivity contribution in [3.63, 3.8) is 0 Å². The summed E-state index contributed by atoms with van der Waals surface area (Å²) in [6.07, 6.45) is 2.10. The third-order valence-electron chi connectivity index (χ3n) is 3.73. The molecule has 3 N–H and O–H groups in total. The molecule has 0 unspecified atom stereocenters. The van der Waals surface area contributed by atoms with E-state index in [1.807, 2.05) is 24.3 Å². The smallest absolute Gasteiger partial charge is 0.319 e. The van der Waals surface area contributed by atoms with E-state index in [-0.39, 0.29) is 11.9 Å². The van der Waals surface area contributed by atoms with Crippen LogP contribution in [0.4, 0.5) is 16.2 Å². The molecule has 26 heavy (non-hydrogen) atoms. The lowest BCUT2D eigenvalue weighted by Gasteiger charge is -2.09. The van der Waals surface area contributed by atoms with E-state index in [1.54, 1.807) is 24.3 Å². The van der Waals surface area contributed by atoms with Gasteiger partial charge < -0.3 is 16.0 Å². The van der Waals surface area contributed by atoms with E-state index >= 15 is 0 Å². The highest BCUT2D eigenvalue weighted by molar-refractivity contribution is 7.99. The molecule has 3 amide bonds. The Balaban J connectivity index is 1.40. The predicted molar refractivity (Wildman–Crippen MR) is 108 cm³/mol. The minimum atomic E-state index is -0.193. The molecule has 3 rings (SSSR count). The zero-order valence-electron chi connectivity index (χ0n) is 14.1. The Labute approximate surface area is 161 Å². The zero-order chi connectivity index (χ0) is 18.4. The van der Waals surface area contributed by atoms with Gasteiger partial charge in [-0.25, -0.2) is 4.79 Å². The lowest BCUT2D eigenvalue weighted by molar-refractivity contribution is -0.113. The summed E-state index contributed by atoms with van der Waals surface area (Å²) in [5.41, 5.74) is 2.48. The van der Waals surface area contributed by atoms with Crippen LogP contribution in [0, 0.1) is 0 Å². The Hall–Kier alpha value is -2.18. The van der Waals surface area contributed by atoms with Gasteiger partial charge in [-0.15, -0.1) is 11.8 Å². The first-order chi connectivity index (χ1) is 12.6. The summed E-state index contributed by atoms with van der Waals surface area (Å²) < 4.78 is 0. The molecule has 2 aromatic carbocycles. The number of halogens is 1. The average Bonchev–Trinajstić information content (AvgIpc) is 3.40. The highest BCUT2D eigenvalue weighted by atomic mass is 35.5. The molecule has 0 spiro atoms. The van der Waals surface area contributed by atoms with E-state index in [1.165, 1.54) is 11.8 Å². The van der Waals surface area contributed by atoms with Gasteiger partial charge in [-0.3, -0.25) is 4.79 Å². The summed E-state index contributed by atoms with van der Waals surface area (Å²) in [7, 11) is 0. The van der Waals surface area contributed by atoms with Crippen LogP contribution in [-0.2, 0) is 10.5 Å². The summed E-state index contributed by atoms with van der Waals surface area (Å²) in [6.45, 7) is 0. The molecule has 0 aromatic heterocycles. The van der Waals surface area contributed by atoms with Crippen LogP contribution in [-0.4, -0.2) is 23.7 Å². The second-order valence-corrected chi connectivity index (χ2v) is 7.54. The van der Waals surface area contributed by atoms with Crippen molar-refractivity contribution < 1.29 is 9.59 Å². The van der Waals surface area contributed by atoms with E-state index in [4.69, 9.17) is 11.6 Å². The minimum absolute atomic E-state index is 0.0655. The molecule has 1 fully saturated rings. The number of anilines is 2. The first-order valence-corrected chi connectivity index (χ1v) is 9.91. The molecule has 0 radical (unpaired) electrons. The molecule has 1 aliphatic rings. The van der Waals surface area contributed by atoms with Crippen LogP contribution in [0.5, 0.6) is 0 Å². The third kappa shape index (κ3) is 6.28. The van der Waals surface area contributed by atoms with Gasteiger partial charge in [0, 0.05) is 28.2 Å². The van der Waals surface area contributed by atoms with Crippen molar-refractivity contribution in [1.82, 2.24) is 5.32 Å². The monoisotopic (exact) mass is 389 g/mol. The van der Waals surface area contributed by atoms with Crippen molar-refractivity contribution in [3.8, 4) is 0 Å². The summed E-state index contributed by atoms with van der Waals surface area (Å²) in [4.78, 5) is 23.7. The fraction of sp³-hybridized carbons (Fsp3) is 0.263. The van der Waals surface area contributed by atoms with Gasteiger partial charge in [0.2, 0.25) is 5.91 Å². The molecule has 1 saturated carbocycles. The van der Waals surface area contributed by atoms with Crippen molar-refractivity contribution in [2.24, 2.45) is 0 Å². The quantitative estimate of drug-likeness (QED) is 0.653. The average molecular weight is 390 g/mol. The van der Waals surface area contributed by atoms with Crippen LogP contribution < -0.4 is 16.0 Å². The van der Waals surface area contributed by atoms with Crippen molar-refractivity contribution in [1.29, 1.82) is 0 Å². The number of hydrogen-bond acceptors (Lipinski definition) is 3. The van der Waals surface area contributed by atoms with E-state index in [0.717, 1.165) is 24.2 Å². The Morgan fingerprint density at radius 2 is 1.73 bits per heavy atom. The van der Waals surface area contributed by atoms with Crippen molar-refractivity contribution in [3.05, 3.63) is 59.1 Å².